The van der Waals surface area contributed by atoms with E-state index in [0.29, 0.717) is 50.3 Å². The van der Waals surface area contributed by atoms with Gasteiger partial charge < -0.3 is 67.6 Å². The minimum absolute atomic E-state index is 0.0199. The van der Waals surface area contributed by atoms with Crippen LogP contribution >= 0.6 is 8.53 Å². The van der Waals surface area contributed by atoms with Gasteiger partial charge in [0.1, 0.15) is 48.2 Å². The smallest absolute Gasteiger partial charge is 0.330 e. The number of carbonyl (C=O) groups is 6. The second-order valence-electron chi connectivity index (χ2n) is 23.1. The Bertz CT molecular complexity index is 3230. The lowest BCUT2D eigenvalue weighted by atomic mass is 9.80. The SMILES string of the molecule is COc1ccc(C(OC[C@H]2O[C@@H](n3cc(/C=C/C(=O)NCCCCCCNC(=O)CCCCOC4OC(COC(C)=O)C(OC(C)=O)C(OC(C)=O)C4NC(C)=O)c(=O)[nH]c3=O)C[C@H]2OP(OCCC#N)N(C(C)C)C(C)C)(c2ccccc2)c2ccc(OC)cc2)cc1. The van der Waals surface area contributed by atoms with Crippen molar-refractivity contribution in [2.45, 2.75) is 180 Å². The maximum atomic E-state index is 13.8. The standard InChI is InChI=1S/C67H90N7O19P/c1-43(2)74(44(3)4)94(88-38-20-34-68)93-55-39-60(91-56(55)42-87-67(50-21-14-13-15-22-50,51-25-29-53(83-9)30-26-51)52-27-31-54(84-10)32-28-52)73-40-49(64(81)72-66(73)82)24-33-59(80)70-36-18-12-11-17-35-69-58(79)23-16-19-37-85-65-61(71-45(5)75)63(90-48(8)78)62(89-47(7)77)57(92-65)41-86-46(6)76/h13-15,21-22,24-33,40,43-44,55-57,60-63,65H,11-12,16-20,23,35-39,41-42H2,1-10H3,(H,69,79)(H,70,80)(H,71,75)(H,72,81,82)/b33-24+/t55-,56-,57?,60-,61?,62?,63?,65?,94?/m1/s1. The molecule has 6 unspecified atom stereocenters. The molecule has 4 N–H and O–H groups in total. The predicted molar refractivity (Wildman–Crippen MR) is 346 cm³/mol. The summed E-state index contributed by atoms with van der Waals surface area (Å²) in [6, 6.07) is 26.0. The van der Waals surface area contributed by atoms with E-state index in [0.717, 1.165) is 43.4 Å². The highest BCUT2D eigenvalue weighted by Gasteiger charge is 2.52. The molecule has 2 fully saturated rings. The van der Waals surface area contributed by atoms with Crippen molar-refractivity contribution in [3.8, 4) is 17.6 Å². The van der Waals surface area contributed by atoms with E-state index in [9.17, 15) is 43.6 Å². The van der Waals surface area contributed by atoms with Gasteiger partial charge in [-0.3, -0.25) is 43.1 Å². The number of H-pyrrole nitrogens is 1. The molecule has 512 valence electrons. The molecule has 27 heteroatoms. The number of carbonyl (C=O) groups excluding carboxylic acids is 6. The zero-order valence-electron chi connectivity index (χ0n) is 55.2. The lowest BCUT2D eigenvalue weighted by molar-refractivity contribution is -0.277. The molecule has 3 amide bonds. The van der Waals surface area contributed by atoms with E-state index >= 15 is 0 Å². The Hall–Kier alpha value is -7.86. The fourth-order valence-electron chi connectivity index (χ4n) is 11.0. The summed E-state index contributed by atoms with van der Waals surface area (Å²) in [6.45, 7) is 13.4. The van der Waals surface area contributed by atoms with Crippen molar-refractivity contribution in [3.63, 3.8) is 0 Å². The molecule has 94 heavy (non-hydrogen) atoms. The molecule has 0 aliphatic carbocycles. The molecule has 0 saturated carbocycles. The van der Waals surface area contributed by atoms with Crippen molar-refractivity contribution in [1.82, 2.24) is 30.2 Å². The van der Waals surface area contributed by atoms with Gasteiger partial charge >= 0.3 is 23.6 Å². The van der Waals surface area contributed by atoms with Crippen molar-refractivity contribution in [3.05, 3.63) is 134 Å². The number of nitriles is 1. The number of hydrogen-bond donors (Lipinski definition) is 4. The molecule has 0 bridgehead atoms. The number of aromatic nitrogens is 2. The molecule has 2 aliphatic heterocycles. The molecule has 0 radical (unpaired) electrons. The van der Waals surface area contributed by atoms with Gasteiger partial charge in [0.05, 0.1) is 51.6 Å². The zero-order chi connectivity index (χ0) is 68.3. The molecule has 2 saturated heterocycles. The van der Waals surface area contributed by atoms with Crippen LogP contribution in [-0.4, -0.2) is 159 Å². The van der Waals surface area contributed by atoms with Gasteiger partial charge in [0, 0.05) is 84.6 Å². The number of esters is 3. The van der Waals surface area contributed by atoms with Crippen molar-refractivity contribution in [2.75, 3.05) is 53.7 Å². The number of hydrogen-bond acceptors (Lipinski definition) is 21. The molecule has 1 aromatic heterocycles. The number of rotatable bonds is 37. The van der Waals surface area contributed by atoms with Gasteiger partial charge in [0.15, 0.2) is 18.5 Å². The number of nitrogens with one attached hydrogen (secondary N) is 4. The third kappa shape index (κ3) is 22.1. The van der Waals surface area contributed by atoms with Gasteiger partial charge in [-0.2, -0.15) is 5.26 Å². The topological polar surface area (TPSA) is 322 Å². The van der Waals surface area contributed by atoms with Gasteiger partial charge in [0.2, 0.25) is 17.7 Å². The Balaban J connectivity index is 1.05. The molecule has 0 spiro atoms. The first-order valence-corrected chi connectivity index (χ1v) is 32.7. The molecular formula is C67H90N7O19P. The molecule has 3 aromatic carbocycles. The van der Waals surface area contributed by atoms with Crippen molar-refractivity contribution in [1.29, 1.82) is 5.26 Å². The highest BCUT2D eigenvalue weighted by Crippen LogP contribution is 2.51. The zero-order valence-corrected chi connectivity index (χ0v) is 56.1. The van der Waals surface area contributed by atoms with E-state index < -0.39 is 104 Å². The van der Waals surface area contributed by atoms with Crippen LogP contribution < -0.4 is 36.7 Å². The first-order valence-electron chi connectivity index (χ1n) is 31.6. The summed E-state index contributed by atoms with van der Waals surface area (Å²) < 4.78 is 70.0. The number of methoxy groups -OCH3 is 2. The largest absolute Gasteiger partial charge is 0.497 e. The van der Waals surface area contributed by atoms with Crippen LogP contribution in [0.15, 0.2) is 101 Å². The monoisotopic (exact) mass is 1330 g/mol. The van der Waals surface area contributed by atoms with Gasteiger partial charge in [-0.15, -0.1) is 0 Å². The van der Waals surface area contributed by atoms with Crippen LogP contribution in [0.3, 0.4) is 0 Å². The third-order valence-corrected chi connectivity index (χ3v) is 17.5. The molecule has 26 nitrogen and oxygen atoms in total. The molecule has 4 aromatic rings. The summed E-state index contributed by atoms with van der Waals surface area (Å²) in [6.07, 6.45) is 0.616. The van der Waals surface area contributed by atoms with Crippen LogP contribution in [0.1, 0.15) is 142 Å². The van der Waals surface area contributed by atoms with Crippen LogP contribution in [0.2, 0.25) is 0 Å². The van der Waals surface area contributed by atoms with E-state index in [1.54, 1.807) is 14.2 Å². The van der Waals surface area contributed by atoms with E-state index in [1.165, 1.54) is 36.8 Å². The summed E-state index contributed by atoms with van der Waals surface area (Å²) in [5, 5.41) is 17.9. The first kappa shape index (κ1) is 75.2. The highest BCUT2D eigenvalue weighted by atomic mass is 31.2. The minimum atomic E-state index is -1.82. The van der Waals surface area contributed by atoms with Crippen LogP contribution in [0.25, 0.3) is 6.08 Å². The molecule has 3 heterocycles. The molecule has 6 rings (SSSR count). The maximum absolute atomic E-state index is 13.8. The third-order valence-electron chi connectivity index (χ3n) is 15.3. The average molecular weight is 1330 g/mol. The average Bonchev–Trinajstić information content (AvgIpc) is 0.858. The Labute approximate surface area is 549 Å². The lowest BCUT2D eigenvalue weighted by Gasteiger charge is -2.44. The van der Waals surface area contributed by atoms with E-state index in [1.807, 2.05) is 107 Å². The number of nitrogens with zero attached hydrogens (tertiary/aromatic N) is 3. The highest BCUT2D eigenvalue weighted by molar-refractivity contribution is 7.44. The Kier molecular flexibility index (Phi) is 30.3. The molecular weight excluding hydrogens is 1240 g/mol. The number of aromatic amines is 1. The van der Waals surface area contributed by atoms with Crippen LogP contribution in [0, 0.1) is 11.3 Å². The number of amides is 3. The van der Waals surface area contributed by atoms with E-state index in [-0.39, 0.29) is 69.2 Å². The maximum Gasteiger partial charge on any atom is 0.330 e. The van der Waals surface area contributed by atoms with Crippen molar-refractivity contribution >= 4 is 50.2 Å². The number of benzene rings is 3. The van der Waals surface area contributed by atoms with Gasteiger partial charge in [-0.05, 0) is 100 Å². The van der Waals surface area contributed by atoms with Crippen LogP contribution in [0.5, 0.6) is 11.5 Å². The van der Waals surface area contributed by atoms with Gasteiger partial charge in [-0.25, -0.2) is 9.46 Å². The second kappa shape index (κ2) is 37.9. The molecule has 9 atom stereocenters. The number of unbranched alkanes of at least 4 members (excludes halogenated alkanes) is 4. The lowest BCUT2D eigenvalue weighted by Crippen LogP contribution is -2.66. The fraction of sp³-hybridized carbons (Fsp3) is 0.537. The second-order valence-corrected chi connectivity index (χ2v) is 24.5. The summed E-state index contributed by atoms with van der Waals surface area (Å²) in [4.78, 5) is 103. The molecule has 2 aliphatic rings. The normalized spacial score (nSPS) is 19.9. The minimum Gasteiger partial charge on any atom is -0.497 e. The van der Waals surface area contributed by atoms with E-state index in [4.69, 9.17) is 51.7 Å². The van der Waals surface area contributed by atoms with Gasteiger partial charge in [0.25, 0.3) is 14.1 Å². The van der Waals surface area contributed by atoms with Crippen LogP contribution in [-0.2, 0) is 76.6 Å². The number of ether oxygens (including phenoxy) is 9. The van der Waals surface area contributed by atoms with Crippen LogP contribution in [0.4, 0.5) is 0 Å². The summed E-state index contributed by atoms with van der Waals surface area (Å²) in [5.74, 6) is -1.91. The predicted octanol–water partition coefficient (Wildman–Crippen LogP) is 7.16. The summed E-state index contributed by atoms with van der Waals surface area (Å²) in [5.41, 5.74) is -0.326. The first-order chi connectivity index (χ1) is 45.1. The van der Waals surface area contributed by atoms with Gasteiger partial charge in [-0.1, -0.05) is 67.4 Å². The Morgan fingerprint density at radius 2 is 1.35 bits per heavy atom. The van der Waals surface area contributed by atoms with Crippen molar-refractivity contribution < 1.29 is 80.4 Å². The Morgan fingerprint density at radius 3 is 1.93 bits per heavy atom. The Morgan fingerprint density at radius 1 is 0.745 bits per heavy atom. The fourth-order valence-corrected chi connectivity index (χ4v) is 12.8. The summed E-state index contributed by atoms with van der Waals surface area (Å²) >= 11 is 0. The van der Waals surface area contributed by atoms with Crippen molar-refractivity contribution in [2.24, 2.45) is 0 Å². The van der Waals surface area contributed by atoms with E-state index in [2.05, 4.69) is 31.7 Å². The summed E-state index contributed by atoms with van der Waals surface area (Å²) in [7, 11) is 1.38. The quantitative estimate of drug-likeness (QED) is 0.00869.